The molecule has 0 amide bonds. The molecular formula is C15H16F3N5. The summed E-state index contributed by atoms with van der Waals surface area (Å²) in [6.45, 7) is 1.97. The van der Waals surface area contributed by atoms with Gasteiger partial charge in [0.05, 0.1) is 18.1 Å². The third kappa shape index (κ3) is 3.21. The van der Waals surface area contributed by atoms with Crippen molar-refractivity contribution in [2.24, 2.45) is 7.05 Å². The van der Waals surface area contributed by atoms with Gasteiger partial charge in [-0.25, -0.2) is 4.98 Å². The lowest BCUT2D eigenvalue weighted by molar-refractivity contribution is -0.158. The van der Waals surface area contributed by atoms with Crippen LogP contribution in [0.5, 0.6) is 0 Å². The van der Waals surface area contributed by atoms with Crippen LogP contribution >= 0.6 is 0 Å². The number of imidazole rings is 1. The predicted octanol–water partition coefficient (Wildman–Crippen LogP) is 2.77. The van der Waals surface area contributed by atoms with Crippen LogP contribution in [0.15, 0.2) is 36.9 Å². The van der Waals surface area contributed by atoms with Crippen LogP contribution < -0.4 is 5.32 Å². The number of rotatable bonds is 4. The van der Waals surface area contributed by atoms with Gasteiger partial charge < -0.3 is 4.40 Å². The van der Waals surface area contributed by atoms with E-state index in [0.29, 0.717) is 11.3 Å². The van der Waals surface area contributed by atoms with Crippen molar-refractivity contribution in [2.45, 2.75) is 25.7 Å². The summed E-state index contributed by atoms with van der Waals surface area (Å²) >= 11 is 0. The van der Waals surface area contributed by atoms with E-state index in [9.17, 15) is 13.2 Å². The summed E-state index contributed by atoms with van der Waals surface area (Å²) in [7, 11) is 1.59. The third-order valence-corrected chi connectivity index (χ3v) is 3.60. The lowest BCUT2D eigenvalue weighted by Crippen LogP contribution is -2.33. The van der Waals surface area contributed by atoms with Crippen LogP contribution in [0.3, 0.4) is 0 Å². The van der Waals surface area contributed by atoms with Crippen LogP contribution in [0, 0.1) is 6.92 Å². The zero-order valence-electron chi connectivity index (χ0n) is 12.7. The maximum Gasteiger partial charge on any atom is 0.408 e. The molecule has 0 saturated carbocycles. The fraction of sp³-hybridized carbons (Fsp3) is 0.333. The van der Waals surface area contributed by atoms with E-state index in [2.05, 4.69) is 15.4 Å². The van der Waals surface area contributed by atoms with Gasteiger partial charge in [0, 0.05) is 31.5 Å². The van der Waals surface area contributed by atoms with E-state index in [1.165, 1.54) is 17.1 Å². The first-order valence-electron chi connectivity index (χ1n) is 7.06. The van der Waals surface area contributed by atoms with E-state index in [0.717, 1.165) is 5.56 Å². The summed E-state index contributed by atoms with van der Waals surface area (Å²) in [6, 6.07) is 1.97. The Morgan fingerprint density at radius 2 is 2.00 bits per heavy atom. The minimum absolute atomic E-state index is 0.0453. The molecular weight excluding hydrogens is 307 g/mol. The molecule has 3 heterocycles. The largest absolute Gasteiger partial charge is 0.408 e. The number of pyridine rings is 1. The van der Waals surface area contributed by atoms with E-state index in [-0.39, 0.29) is 12.1 Å². The Bertz CT molecular complexity index is 818. The molecule has 0 bridgehead atoms. The van der Waals surface area contributed by atoms with Gasteiger partial charge in [0.2, 0.25) is 0 Å². The zero-order valence-corrected chi connectivity index (χ0v) is 12.7. The average Bonchev–Trinajstić information content (AvgIpc) is 3.04. The fourth-order valence-corrected chi connectivity index (χ4v) is 2.49. The highest BCUT2D eigenvalue weighted by Gasteiger charge is 2.41. The minimum atomic E-state index is -4.40. The van der Waals surface area contributed by atoms with Crippen molar-refractivity contribution < 1.29 is 13.2 Å². The van der Waals surface area contributed by atoms with Crippen molar-refractivity contribution in [1.82, 2.24) is 24.5 Å². The van der Waals surface area contributed by atoms with Gasteiger partial charge in [-0.15, -0.1) is 0 Å². The molecule has 0 aliphatic carbocycles. The van der Waals surface area contributed by atoms with Crippen LogP contribution in [0.4, 0.5) is 13.2 Å². The summed E-state index contributed by atoms with van der Waals surface area (Å²) in [6.07, 6.45) is 1.62. The number of halogens is 3. The fourth-order valence-electron chi connectivity index (χ4n) is 2.49. The average molecular weight is 323 g/mol. The number of nitrogens with zero attached hydrogens (tertiary/aromatic N) is 4. The van der Waals surface area contributed by atoms with Gasteiger partial charge >= 0.3 is 6.18 Å². The van der Waals surface area contributed by atoms with Crippen LogP contribution in [0.2, 0.25) is 0 Å². The third-order valence-electron chi connectivity index (χ3n) is 3.60. The minimum Gasteiger partial charge on any atom is -0.303 e. The quantitative estimate of drug-likeness (QED) is 0.803. The number of nitrogens with one attached hydrogen (secondary N) is 1. The van der Waals surface area contributed by atoms with Gasteiger partial charge in [-0.3, -0.25) is 10.00 Å². The molecule has 0 saturated heterocycles. The van der Waals surface area contributed by atoms with Crippen molar-refractivity contribution in [3.05, 3.63) is 53.7 Å². The van der Waals surface area contributed by atoms with Gasteiger partial charge in [0.1, 0.15) is 11.7 Å². The molecule has 0 aromatic carbocycles. The standard InChI is InChI=1S/C15H16F3N5/c1-10-3-4-13-19-6-12(23(13)8-10)7-20-14(15(16,17)18)11-5-21-22(2)9-11/h3-6,8-9,14,20H,7H2,1-2H3. The van der Waals surface area contributed by atoms with Gasteiger partial charge in [-0.05, 0) is 18.6 Å². The molecule has 0 aliphatic rings. The Morgan fingerprint density at radius 1 is 1.22 bits per heavy atom. The Labute approximate surface area is 130 Å². The van der Waals surface area contributed by atoms with Gasteiger partial charge in [0.25, 0.3) is 0 Å². The second-order valence-corrected chi connectivity index (χ2v) is 5.49. The Hall–Kier alpha value is -2.35. The highest BCUT2D eigenvalue weighted by molar-refractivity contribution is 5.41. The van der Waals surface area contributed by atoms with Crippen molar-refractivity contribution in [3.8, 4) is 0 Å². The SMILES string of the molecule is Cc1ccc2ncc(CNC(c3cnn(C)c3)C(F)(F)F)n2c1. The topological polar surface area (TPSA) is 47.2 Å². The molecule has 122 valence electrons. The second kappa shape index (κ2) is 5.69. The van der Waals surface area contributed by atoms with E-state index < -0.39 is 12.2 Å². The smallest absolute Gasteiger partial charge is 0.303 e. The Kier molecular flexibility index (Phi) is 3.85. The van der Waals surface area contributed by atoms with Crippen LogP contribution in [-0.4, -0.2) is 25.3 Å². The first kappa shape index (κ1) is 15.5. The molecule has 8 heteroatoms. The Morgan fingerprint density at radius 3 is 2.65 bits per heavy atom. The normalized spacial score (nSPS) is 13.6. The lowest BCUT2D eigenvalue weighted by atomic mass is 10.1. The number of aromatic nitrogens is 4. The molecule has 0 spiro atoms. The highest BCUT2D eigenvalue weighted by Crippen LogP contribution is 2.32. The molecule has 1 N–H and O–H groups in total. The van der Waals surface area contributed by atoms with Crippen LogP contribution in [0.1, 0.15) is 22.9 Å². The molecule has 23 heavy (non-hydrogen) atoms. The van der Waals surface area contributed by atoms with Crippen molar-refractivity contribution in [2.75, 3.05) is 0 Å². The second-order valence-electron chi connectivity index (χ2n) is 5.49. The van der Waals surface area contributed by atoms with E-state index in [1.807, 2.05) is 25.3 Å². The predicted molar refractivity (Wildman–Crippen MR) is 78.8 cm³/mol. The number of fused-ring (bicyclic) bond motifs is 1. The molecule has 0 radical (unpaired) electrons. The van der Waals surface area contributed by atoms with Gasteiger partial charge in [-0.1, -0.05) is 6.07 Å². The van der Waals surface area contributed by atoms with Gasteiger partial charge in [-0.2, -0.15) is 18.3 Å². The van der Waals surface area contributed by atoms with Crippen LogP contribution in [0.25, 0.3) is 5.65 Å². The van der Waals surface area contributed by atoms with Gasteiger partial charge in [0.15, 0.2) is 0 Å². The lowest BCUT2D eigenvalue weighted by Gasteiger charge is -2.20. The maximum atomic E-state index is 13.3. The molecule has 3 aromatic heterocycles. The van der Waals surface area contributed by atoms with Crippen LogP contribution in [-0.2, 0) is 13.6 Å². The number of hydrogen-bond acceptors (Lipinski definition) is 3. The molecule has 1 unspecified atom stereocenters. The molecule has 0 aliphatic heterocycles. The van der Waals surface area contributed by atoms with Crippen molar-refractivity contribution in [1.29, 1.82) is 0 Å². The summed E-state index contributed by atoms with van der Waals surface area (Å²) in [5.41, 5.74) is 2.47. The van der Waals surface area contributed by atoms with E-state index in [4.69, 9.17) is 0 Å². The molecule has 0 fully saturated rings. The van der Waals surface area contributed by atoms with E-state index in [1.54, 1.807) is 17.6 Å². The maximum absolute atomic E-state index is 13.3. The Balaban J connectivity index is 1.85. The molecule has 3 rings (SSSR count). The zero-order chi connectivity index (χ0) is 16.6. The summed E-state index contributed by atoms with van der Waals surface area (Å²) in [5.74, 6) is 0. The van der Waals surface area contributed by atoms with Crippen molar-refractivity contribution >= 4 is 5.65 Å². The van der Waals surface area contributed by atoms with Crippen molar-refractivity contribution in [3.63, 3.8) is 0 Å². The number of alkyl halides is 3. The summed E-state index contributed by atoms with van der Waals surface area (Å²) in [4.78, 5) is 4.20. The summed E-state index contributed by atoms with van der Waals surface area (Å²) < 4.78 is 43.0. The number of aryl methyl sites for hydroxylation is 2. The van der Waals surface area contributed by atoms with E-state index >= 15 is 0 Å². The molecule has 3 aromatic rings. The molecule has 5 nitrogen and oxygen atoms in total. The summed E-state index contributed by atoms with van der Waals surface area (Å²) in [5, 5.41) is 6.38. The highest BCUT2D eigenvalue weighted by atomic mass is 19.4. The first-order chi connectivity index (χ1) is 10.8. The number of hydrogen-bond donors (Lipinski definition) is 1. The molecule has 1 atom stereocenters. The first-order valence-corrected chi connectivity index (χ1v) is 7.06. The monoisotopic (exact) mass is 323 g/mol.